The van der Waals surface area contributed by atoms with Gasteiger partial charge in [-0.3, -0.25) is 4.79 Å². The summed E-state index contributed by atoms with van der Waals surface area (Å²) >= 11 is 0. The summed E-state index contributed by atoms with van der Waals surface area (Å²) in [6.07, 6.45) is 5.26. The maximum Gasteiger partial charge on any atom is 0.534 e. The number of amides is 1. The van der Waals surface area contributed by atoms with Crippen LogP contribution in [0.4, 0.5) is 13.2 Å². The number of likely N-dealkylation sites (tertiary alicyclic amines) is 1. The van der Waals surface area contributed by atoms with E-state index in [0.29, 0.717) is 37.3 Å². The first-order valence-corrected chi connectivity index (χ1v) is 15.3. The van der Waals surface area contributed by atoms with E-state index in [1.165, 1.54) is 0 Å². The smallest absolute Gasteiger partial charge is 0.497 e. The number of carbonyl (C=O) groups excluding carboxylic acids is 1. The van der Waals surface area contributed by atoms with Crippen LogP contribution in [-0.2, 0) is 25.6 Å². The number of rotatable bonds is 6. The number of benzene rings is 1. The summed E-state index contributed by atoms with van der Waals surface area (Å²) in [7, 11) is -2.54. The highest BCUT2D eigenvalue weighted by Gasteiger charge is 2.63. The summed E-state index contributed by atoms with van der Waals surface area (Å²) in [5.74, 6) is 1.97. The quantitative estimate of drug-likeness (QED) is 0.299. The van der Waals surface area contributed by atoms with Crippen LogP contribution in [0.15, 0.2) is 30.0 Å². The Morgan fingerprint density at radius 2 is 1.82 bits per heavy atom. The van der Waals surface area contributed by atoms with E-state index in [1.54, 1.807) is 20.3 Å². The van der Waals surface area contributed by atoms with Crippen molar-refractivity contribution in [2.45, 2.75) is 77.4 Å². The number of alkyl halides is 3. The number of hydrogen-bond acceptors (Lipinski definition) is 6. The molecule has 5 unspecified atom stereocenters. The van der Waals surface area contributed by atoms with Crippen LogP contribution in [-0.4, -0.2) is 45.0 Å². The minimum absolute atomic E-state index is 0.0110. The van der Waals surface area contributed by atoms with Crippen molar-refractivity contribution in [3.63, 3.8) is 0 Å². The second-order valence-electron chi connectivity index (χ2n) is 12.5. The summed E-state index contributed by atoms with van der Waals surface area (Å²) in [5, 5.41) is 0. The van der Waals surface area contributed by atoms with Crippen LogP contribution < -0.4 is 9.47 Å². The third kappa shape index (κ3) is 4.47. The van der Waals surface area contributed by atoms with Crippen LogP contribution in [0.2, 0.25) is 0 Å². The molecule has 3 aliphatic carbocycles. The minimum Gasteiger partial charge on any atom is -0.497 e. The predicted molar refractivity (Wildman–Crippen MR) is 142 cm³/mol. The van der Waals surface area contributed by atoms with Crippen molar-refractivity contribution in [3.8, 4) is 11.5 Å². The minimum atomic E-state index is -5.73. The monoisotopic (exact) mass is 585 g/mol. The van der Waals surface area contributed by atoms with Crippen LogP contribution in [0.3, 0.4) is 0 Å². The van der Waals surface area contributed by atoms with Crippen molar-refractivity contribution in [2.75, 3.05) is 14.2 Å². The summed E-state index contributed by atoms with van der Waals surface area (Å²) in [6, 6.07) is 5.62. The highest BCUT2D eigenvalue weighted by molar-refractivity contribution is 7.87. The number of methoxy groups -OCH3 is 2. The lowest BCUT2D eigenvalue weighted by molar-refractivity contribution is -0.169. The molecule has 7 nitrogen and oxygen atoms in total. The van der Waals surface area contributed by atoms with Crippen molar-refractivity contribution < 1.29 is 40.0 Å². The summed E-state index contributed by atoms with van der Waals surface area (Å²) in [4.78, 5) is 15.4. The van der Waals surface area contributed by atoms with E-state index in [4.69, 9.17) is 13.7 Å². The van der Waals surface area contributed by atoms with Gasteiger partial charge in [0.1, 0.15) is 17.3 Å². The molecule has 7 atom stereocenters. The molecule has 2 saturated carbocycles. The van der Waals surface area contributed by atoms with Gasteiger partial charge in [0.25, 0.3) is 0 Å². The molecule has 0 aromatic heterocycles. The van der Waals surface area contributed by atoms with Gasteiger partial charge in [-0.1, -0.05) is 20.8 Å². The molecule has 222 valence electrons. The lowest BCUT2D eigenvalue weighted by atomic mass is 9.45. The first-order valence-electron chi connectivity index (χ1n) is 13.9. The zero-order chi connectivity index (χ0) is 29.3. The highest BCUT2D eigenvalue weighted by atomic mass is 32.2. The Labute approximate surface area is 234 Å². The maximum atomic E-state index is 13.4. The van der Waals surface area contributed by atoms with E-state index in [2.05, 4.69) is 13.8 Å². The third-order valence-corrected chi connectivity index (χ3v) is 11.6. The largest absolute Gasteiger partial charge is 0.534 e. The Kier molecular flexibility index (Phi) is 7.15. The predicted octanol–water partition coefficient (Wildman–Crippen LogP) is 6.04. The van der Waals surface area contributed by atoms with Crippen LogP contribution in [0.1, 0.15) is 64.9 Å². The fourth-order valence-corrected chi connectivity index (χ4v) is 9.09. The number of halogens is 3. The Morgan fingerprint density at radius 3 is 2.48 bits per heavy atom. The van der Waals surface area contributed by atoms with Crippen LogP contribution >= 0.6 is 0 Å². The Morgan fingerprint density at radius 1 is 1.10 bits per heavy atom. The van der Waals surface area contributed by atoms with Crippen LogP contribution in [0, 0.1) is 34.5 Å². The van der Waals surface area contributed by atoms with Gasteiger partial charge in [-0.25, -0.2) is 0 Å². The number of fused-ring (bicyclic) bond motifs is 5. The maximum absolute atomic E-state index is 13.4. The topological polar surface area (TPSA) is 82.1 Å². The molecule has 1 amide bonds. The van der Waals surface area contributed by atoms with Crippen molar-refractivity contribution in [1.29, 1.82) is 0 Å². The third-order valence-electron chi connectivity index (χ3n) is 10.6. The molecule has 0 radical (unpaired) electrons. The highest BCUT2D eigenvalue weighted by Crippen LogP contribution is 2.66. The molecular weight excluding hydrogens is 547 g/mol. The Balaban J connectivity index is 1.42. The molecule has 0 bridgehead atoms. The summed E-state index contributed by atoms with van der Waals surface area (Å²) in [5.41, 5.74) is -5.52. The molecule has 1 heterocycles. The Hall–Kier alpha value is -2.43. The van der Waals surface area contributed by atoms with Crippen molar-refractivity contribution >= 4 is 16.0 Å². The first-order chi connectivity index (χ1) is 18.7. The molecule has 0 spiro atoms. The van der Waals surface area contributed by atoms with Gasteiger partial charge in [-0.05, 0) is 79.4 Å². The fraction of sp³-hybridized carbons (Fsp3) is 0.690. The normalized spacial score (nSPS) is 35.8. The van der Waals surface area contributed by atoms with Gasteiger partial charge in [0.15, 0.2) is 0 Å². The van der Waals surface area contributed by atoms with Gasteiger partial charge >= 0.3 is 15.6 Å². The summed E-state index contributed by atoms with van der Waals surface area (Å²) < 4.78 is 78.8. The number of allylic oxidation sites excluding steroid dienone is 2. The van der Waals surface area contributed by atoms with Crippen molar-refractivity contribution in [3.05, 3.63) is 35.6 Å². The second-order valence-corrected chi connectivity index (χ2v) is 14.0. The number of ether oxygens (including phenoxy) is 2. The average molecular weight is 586 g/mol. The van der Waals surface area contributed by atoms with Gasteiger partial charge in [-0.2, -0.15) is 21.6 Å². The second kappa shape index (κ2) is 9.84. The fourth-order valence-electron chi connectivity index (χ4n) is 8.50. The zero-order valence-electron chi connectivity index (χ0n) is 23.6. The molecule has 1 aromatic rings. The molecule has 40 heavy (non-hydrogen) atoms. The molecular formula is C29H38F3NO6S. The van der Waals surface area contributed by atoms with Gasteiger partial charge < -0.3 is 18.6 Å². The zero-order valence-corrected chi connectivity index (χ0v) is 24.4. The molecule has 4 aliphatic rings. The van der Waals surface area contributed by atoms with Crippen molar-refractivity contribution in [2.24, 2.45) is 34.5 Å². The van der Waals surface area contributed by atoms with Crippen LogP contribution in [0.5, 0.6) is 11.5 Å². The van der Waals surface area contributed by atoms with E-state index in [-0.39, 0.29) is 46.8 Å². The van der Waals surface area contributed by atoms with Crippen molar-refractivity contribution in [1.82, 2.24) is 4.90 Å². The Bertz CT molecular complexity index is 1310. The van der Waals surface area contributed by atoms with E-state index in [0.717, 1.165) is 24.8 Å². The lowest BCUT2D eigenvalue weighted by Gasteiger charge is -2.63. The van der Waals surface area contributed by atoms with E-state index in [1.807, 2.05) is 30.0 Å². The van der Waals surface area contributed by atoms with Crippen LogP contribution in [0.25, 0.3) is 0 Å². The molecule has 1 saturated heterocycles. The number of nitrogens with zero attached hydrogens (tertiary/aromatic N) is 1. The molecule has 11 heteroatoms. The number of hydrogen-bond donors (Lipinski definition) is 0. The average Bonchev–Trinajstić information content (AvgIpc) is 3.21. The van der Waals surface area contributed by atoms with Gasteiger partial charge in [-0.15, -0.1) is 0 Å². The molecule has 1 aromatic carbocycles. The molecule has 1 aliphatic heterocycles. The van der Waals surface area contributed by atoms with Gasteiger partial charge in [0, 0.05) is 36.1 Å². The summed E-state index contributed by atoms with van der Waals surface area (Å²) in [6.45, 7) is 6.71. The molecule has 0 N–H and O–H groups in total. The number of carbonyl (C=O) groups is 1. The molecule has 3 fully saturated rings. The SMILES string of the molecule is COc1ccc(CN2C(=O)CC[C@]3(C)C4CC[C@]5(C)C(OS(=O)(=O)C(F)(F)F)=CCC5C4C(C)CC23)c(OC)c1. The first kappa shape index (κ1) is 29.1. The van der Waals surface area contributed by atoms with Gasteiger partial charge in [0.05, 0.1) is 14.2 Å². The van der Waals surface area contributed by atoms with E-state index < -0.39 is 21.0 Å². The van der Waals surface area contributed by atoms with Gasteiger partial charge in [0.2, 0.25) is 5.91 Å². The standard InChI is InChI=1S/C29H38F3NO6S/c1-17-14-23-27(2,13-11-25(34)33(23)16-18-6-7-19(37-4)15-22(18)38-5)21-10-12-28(3)20(26(17)21)8-9-24(28)39-40(35,36)29(30,31)32/h6-7,9,15,17,20-21,23,26H,8,10-14,16H2,1-5H3/t17?,20?,21?,23?,26?,27-,28+/m1/s1. The molecule has 5 rings (SSSR count). The number of piperidine rings is 1. The lowest BCUT2D eigenvalue weighted by Crippen LogP contribution is -2.63. The van der Waals surface area contributed by atoms with E-state index >= 15 is 0 Å². The van der Waals surface area contributed by atoms with E-state index in [9.17, 15) is 26.4 Å².